The van der Waals surface area contributed by atoms with Gasteiger partial charge in [-0.1, -0.05) is 26.0 Å². The molecule has 1 aromatic carbocycles. The topological polar surface area (TPSA) is 50.2 Å². The molecule has 1 fully saturated rings. The van der Waals surface area contributed by atoms with E-state index in [-0.39, 0.29) is 11.7 Å². The van der Waals surface area contributed by atoms with Crippen molar-refractivity contribution in [3.8, 4) is 11.3 Å². The molecule has 3 heterocycles. The van der Waals surface area contributed by atoms with Gasteiger partial charge < -0.3 is 10.2 Å². The molecule has 2 aromatic heterocycles. The van der Waals surface area contributed by atoms with Crippen molar-refractivity contribution in [3.63, 3.8) is 0 Å². The highest BCUT2D eigenvalue weighted by Crippen LogP contribution is 2.34. The van der Waals surface area contributed by atoms with Crippen LogP contribution in [0.1, 0.15) is 36.4 Å². The van der Waals surface area contributed by atoms with E-state index in [1.165, 1.54) is 23.8 Å². The first kappa shape index (κ1) is 21.0. The highest BCUT2D eigenvalue weighted by Gasteiger charge is 2.22. The van der Waals surface area contributed by atoms with Gasteiger partial charge in [0.05, 0.1) is 4.88 Å². The molecule has 1 N–H and O–H groups in total. The van der Waals surface area contributed by atoms with Crippen LogP contribution in [0.15, 0.2) is 30.3 Å². The number of rotatable bonds is 6. The maximum Gasteiger partial charge on any atom is 0.261 e. The van der Waals surface area contributed by atoms with Gasteiger partial charge in [-0.05, 0) is 49.4 Å². The van der Waals surface area contributed by atoms with E-state index < -0.39 is 0 Å². The van der Waals surface area contributed by atoms with E-state index in [4.69, 9.17) is 0 Å². The Kier molecular flexibility index (Phi) is 6.20. The Morgan fingerprint density at radius 1 is 1.27 bits per heavy atom. The average Bonchev–Trinajstić information content (AvgIpc) is 3.26. The van der Waals surface area contributed by atoms with Gasteiger partial charge in [0.2, 0.25) is 0 Å². The Morgan fingerprint density at radius 2 is 2.00 bits per heavy atom. The lowest BCUT2D eigenvalue weighted by Crippen LogP contribution is -2.40. The molecule has 0 bridgehead atoms. The van der Waals surface area contributed by atoms with E-state index in [0.717, 1.165) is 48.1 Å². The number of piperidine rings is 1. The average molecular weight is 429 g/mol. The predicted molar refractivity (Wildman–Crippen MR) is 120 cm³/mol. The number of hydrogen-bond donors (Lipinski definition) is 1. The minimum absolute atomic E-state index is 0.0731. The number of aromatic nitrogens is 2. The molecule has 160 valence electrons. The van der Waals surface area contributed by atoms with Gasteiger partial charge in [0.15, 0.2) is 0 Å². The van der Waals surface area contributed by atoms with Crippen LogP contribution in [-0.4, -0.2) is 46.8 Å². The summed E-state index contributed by atoms with van der Waals surface area (Å²) in [7, 11) is 1.82. The van der Waals surface area contributed by atoms with Crippen LogP contribution >= 0.6 is 11.3 Å². The van der Waals surface area contributed by atoms with Gasteiger partial charge in [-0.25, -0.2) is 4.39 Å². The molecular formula is C23H29FN4OS. The fourth-order valence-corrected chi connectivity index (χ4v) is 5.56. The van der Waals surface area contributed by atoms with Crippen molar-refractivity contribution in [2.75, 3.05) is 26.2 Å². The summed E-state index contributed by atoms with van der Waals surface area (Å²) in [6, 6.07) is 8.44. The Balaban J connectivity index is 1.39. The van der Waals surface area contributed by atoms with Crippen molar-refractivity contribution in [1.82, 2.24) is 20.0 Å². The number of carbonyl (C=O) groups is 1. The predicted octanol–water partition coefficient (Wildman–Crippen LogP) is 4.54. The van der Waals surface area contributed by atoms with Crippen LogP contribution in [0.25, 0.3) is 21.5 Å². The molecule has 1 aliphatic rings. The van der Waals surface area contributed by atoms with Gasteiger partial charge in [0.1, 0.15) is 16.3 Å². The second-order valence-corrected chi connectivity index (χ2v) is 9.63. The highest BCUT2D eigenvalue weighted by atomic mass is 32.1. The third-order valence-corrected chi connectivity index (χ3v) is 6.95. The molecule has 2 atom stereocenters. The molecule has 1 amide bonds. The SMILES string of the molecule is C[C@H]1C[C@H](C)CN(CCCNC(=O)c2cc3c(-c4ccccc4F)nn(C)c3s2)C1. The molecule has 30 heavy (non-hydrogen) atoms. The number of fused-ring (bicyclic) bond motifs is 1. The summed E-state index contributed by atoms with van der Waals surface area (Å²) in [6.07, 6.45) is 2.25. The Bertz CT molecular complexity index is 1030. The normalized spacial score (nSPS) is 20.0. The molecule has 3 aromatic rings. The van der Waals surface area contributed by atoms with Crippen LogP contribution in [0, 0.1) is 17.7 Å². The Hall–Kier alpha value is -2.25. The molecule has 4 rings (SSSR count). The number of benzene rings is 1. The molecule has 0 saturated carbocycles. The van der Waals surface area contributed by atoms with E-state index in [1.807, 2.05) is 13.1 Å². The number of likely N-dealkylation sites (tertiary alicyclic amines) is 1. The number of nitrogens with one attached hydrogen (secondary N) is 1. The van der Waals surface area contributed by atoms with E-state index in [0.29, 0.717) is 22.7 Å². The first-order valence-corrected chi connectivity index (χ1v) is 11.5. The van der Waals surface area contributed by atoms with Gasteiger partial charge in [-0.15, -0.1) is 11.3 Å². The van der Waals surface area contributed by atoms with Gasteiger partial charge >= 0.3 is 0 Å². The number of thiophene rings is 1. The lowest BCUT2D eigenvalue weighted by molar-refractivity contribution is 0.0951. The monoisotopic (exact) mass is 428 g/mol. The molecule has 0 aliphatic carbocycles. The van der Waals surface area contributed by atoms with Crippen LogP contribution in [0.3, 0.4) is 0 Å². The second kappa shape index (κ2) is 8.86. The quantitative estimate of drug-likeness (QED) is 0.587. The van der Waals surface area contributed by atoms with Crippen LogP contribution in [0.4, 0.5) is 4.39 Å². The summed E-state index contributed by atoms with van der Waals surface area (Å²) < 4.78 is 16.0. The fourth-order valence-electron chi connectivity index (χ4n) is 4.57. The summed E-state index contributed by atoms with van der Waals surface area (Å²) >= 11 is 1.40. The first-order valence-electron chi connectivity index (χ1n) is 10.6. The van der Waals surface area contributed by atoms with Crippen LogP contribution < -0.4 is 5.32 Å². The lowest BCUT2D eigenvalue weighted by atomic mass is 9.92. The molecule has 5 nitrogen and oxygen atoms in total. The highest BCUT2D eigenvalue weighted by molar-refractivity contribution is 7.20. The summed E-state index contributed by atoms with van der Waals surface area (Å²) in [6.45, 7) is 8.61. The maximum atomic E-state index is 14.3. The summed E-state index contributed by atoms with van der Waals surface area (Å²) in [4.78, 5) is 16.7. The van der Waals surface area contributed by atoms with Crippen LogP contribution in [-0.2, 0) is 7.05 Å². The summed E-state index contributed by atoms with van der Waals surface area (Å²) in [5, 5.41) is 8.33. The molecule has 0 spiro atoms. The van der Waals surface area contributed by atoms with Crippen molar-refractivity contribution in [3.05, 3.63) is 41.0 Å². The fraction of sp³-hybridized carbons (Fsp3) is 0.478. The number of hydrogen-bond acceptors (Lipinski definition) is 4. The largest absolute Gasteiger partial charge is 0.351 e. The van der Waals surface area contributed by atoms with Gasteiger partial charge in [0.25, 0.3) is 5.91 Å². The summed E-state index contributed by atoms with van der Waals surface area (Å²) in [5.74, 6) is 1.12. The smallest absolute Gasteiger partial charge is 0.261 e. The molecular weight excluding hydrogens is 399 g/mol. The zero-order chi connectivity index (χ0) is 21.3. The number of nitrogens with zero attached hydrogens (tertiary/aromatic N) is 3. The number of halogens is 1. The molecule has 1 aliphatic heterocycles. The summed E-state index contributed by atoms with van der Waals surface area (Å²) in [5.41, 5.74) is 1.03. The van der Waals surface area contributed by atoms with Crippen molar-refractivity contribution < 1.29 is 9.18 Å². The van der Waals surface area contributed by atoms with Crippen molar-refractivity contribution >= 4 is 27.5 Å². The van der Waals surface area contributed by atoms with Crippen molar-refractivity contribution in [2.24, 2.45) is 18.9 Å². The van der Waals surface area contributed by atoms with Gasteiger partial charge in [-0.2, -0.15) is 5.10 Å². The van der Waals surface area contributed by atoms with Crippen LogP contribution in [0.2, 0.25) is 0 Å². The number of carbonyl (C=O) groups excluding carboxylic acids is 1. The zero-order valence-corrected chi connectivity index (χ0v) is 18.6. The minimum atomic E-state index is -0.309. The van der Waals surface area contributed by atoms with Crippen LogP contribution in [0.5, 0.6) is 0 Å². The maximum absolute atomic E-state index is 14.3. The molecule has 0 radical (unpaired) electrons. The van der Waals surface area contributed by atoms with E-state index in [2.05, 4.69) is 29.2 Å². The van der Waals surface area contributed by atoms with E-state index >= 15 is 0 Å². The Labute approximate surface area is 180 Å². The van der Waals surface area contributed by atoms with E-state index in [9.17, 15) is 9.18 Å². The molecule has 1 saturated heterocycles. The minimum Gasteiger partial charge on any atom is -0.351 e. The van der Waals surface area contributed by atoms with E-state index in [1.54, 1.807) is 22.9 Å². The standard InChI is InChI=1S/C23H29FN4OS/c1-15-11-16(2)14-28(13-15)10-6-9-25-22(29)20-12-18-21(26-27(3)23(18)30-20)17-7-4-5-8-19(17)24/h4-5,7-8,12,15-16H,6,9-11,13-14H2,1-3H3,(H,25,29)/t15-,16-/m0/s1. The zero-order valence-electron chi connectivity index (χ0n) is 17.8. The second-order valence-electron chi connectivity index (χ2n) is 8.60. The lowest BCUT2D eigenvalue weighted by Gasteiger charge is -2.34. The molecule has 7 heteroatoms. The number of aryl methyl sites for hydroxylation is 1. The molecule has 0 unspecified atom stereocenters. The first-order chi connectivity index (χ1) is 14.4. The van der Waals surface area contributed by atoms with Gasteiger partial charge in [-0.3, -0.25) is 9.48 Å². The number of amides is 1. The third kappa shape index (κ3) is 4.42. The Morgan fingerprint density at radius 3 is 2.73 bits per heavy atom. The van der Waals surface area contributed by atoms with Gasteiger partial charge in [0, 0.05) is 37.6 Å². The van der Waals surface area contributed by atoms with Crippen molar-refractivity contribution in [2.45, 2.75) is 26.7 Å². The third-order valence-electron chi connectivity index (χ3n) is 5.75. The van der Waals surface area contributed by atoms with Crippen molar-refractivity contribution in [1.29, 1.82) is 0 Å².